The van der Waals surface area contributed by atoms with Crippen molar-refractivity contribution in [2.45, 2.75) is 44.6 Å². The van der Waals surface area contributed by atoms with Gasteiger partial charge >= 0.3 is 0 Å². The molecule has 4 nitrogen and oxygen atoms in total. The molecule has 1 aromatic rings. The van der Waals surface area contributed by atoms with E-state index in [0.717, 1.165) is 0 Å². The second kappa shape index (κ2) is 6.43. The Morgan fingerprint density at radius 3 is 2.45 bits per heavy atom. The third kappa shape index (κ3) is 4.45. The molecule has 1 atom stereocenters. The van der Waals surface area contributed by atoms with Gasteiger partial charge in [0.25, 0.3) is 0 Å². The monoisotopic (exact) mass is 318 g/mol. The molecule has 0 fully saturated rings. The van der Waals surface area contributed by atoms with Gasteiger partial charge in [-0.25, -0.2) is 13.1 Å². The van der Waals surface area contributed by atoms with Crippen molar-refractivity contribution in [3.05, 3.63) is 28.8 Å². The van der Waals surface area contributed by atoms with Crippen molar-refractivity contribution >= 4 is 21.6 Å². The number of benzene rings is 1. The molecule has 0 saturated carbocycles. The minimum atomic E-state index is -3.61. The summed E-state index contributed by atoms with van der Waals surface area (Å²) in [5.74, 6) is 0.345. The van der Waals surface area contributed by atoms with Crippen LogP contribution in [0.25, 0.3) is 0 Å². The Labute approximate surface area is 126 Å². The van der Waals surface area contributed by atoms with Gasteiger partial charge in [0, 0.05) is 17.1 Å². The Morgan fingerprint density at radius 1 is 1.40 bits per heavy atom. The van der Waals surface area contributed by atoms with Gasteiger partial charge in [-0.1, -0.05) is 25.4 Å². The third-order valence-electron chi connectivity index (χ3n) is 3.12. The summed E-state index contributed by atoms with van der Waals surface area (Å²) in [5, 5.41) is 0.519. The van der Waals surface area contributed by atoms with Crippen molar-refractivity contribution in [2.24, 2.45) is 11.7 Å². The average Bonchev–Trinajstić information content (AvgIpc) is 2.26. The van der Waals surface area contributed by atoms with Gasteiger partial charge in [-0.05, 0) is 49.9 Å². The second-order valence-electron chi connectivity index (χ2n) is 5.88. The molecule has 0 heterocycles. The van der Waals surface area contributed by atoms with Crippen LogP contribution in [0.5, 0.6) is 0 Å². The lowest BCUT2D eigenvalue weighted by Gasteiger charge is -2.31. The van der Waals surface area contributed by atoms with E-state index in [9.17, 15) is 8.42 Å². The molecule has 1 unspecified atom stereocenters. The molecule has 0 aliphatic rings. The standard InChI is InChI=1S/C14H23ClN2O2S/c1-10(2)8-14(4,9-16)17-20(18,19)13-6-5-12(15)7-11(13)3/h5-7,10,17H,8-9,16H2,1-4H3. The molecular formula is C14H23ClN2O2S. The molecule has 0 bridgehead atoms. The molecule has 1 aromatic carbocycles. The van der Waals surface area contributed by atoms with Crippen LogP contribution in [-0.4, -0.2) is 20.5 Å². The topological polar surface area (TPSA) is 72.2 Å². The van der Waals surface area contributed by atoms with Crippen LogP contribution >= 0.6 is 11.6 Å². The Bertz CT molecular complexity index is 573. The normalized spacial score (nSPS) is 15.3. The van der Waals surface area contributed by atoms with Crippen molar-refractivity contribution in [1.82, 2.24) is 4.72 Å². The molecule has 0 aliphatic heterocycles. The first-order valence-electron chi connectivity index (χ1n) is 6.60. The molecule has 6 heteroatoms. The number of sulfonamides is 1. The number of halogens is 1. The predicted octanol–water partition coefficient (Wildman–Crippen LogP) is 2.69. The van der Waals surface area contributed by atoms with Gasteiger partial charge in [-0.15, -0.1) is 0 Å². The maximum atomic E-state index is 12.5. The fourth-order valence-corrected chi connectivity index (χ4v) is 4.24. The zero-order valence-corrected chi connectivity index (χ0v) is 14.0. The molecule has 3 N–H and O–H groups in total. The minimum absolute atomic E-state index is 0.241. The average molecular weight is 319 g/mol. The van der Waals surface area contributed by atoms with Gasteiger partial charge in [0.15, 0.2) is 0 Å². The van der Waals surface area contributed by atoms with Gasteiger partial charge in [-0.3, -0.25) is 0 Å². The van der Waals surface area contributed by atoms with E-state index in [4.69, 9.17) is 17.3 Å². The number of nitrogens with two attached hydrogens (primary N) is 1. The van der Waals surface area contributed by atoms with Crippen LogP contribution in [0, 0.1) is 12.8 Å². The van der Waals surface area contributed by atoms with Crippen LogP contribution in [0.2, 0.25) is 5.02 Å². The van der Waals surface area contributed by atoms with Crippen LogP contribution in [0.3, 0.4) is 0 Å². The molecule has 0 aromatic heterocycles. The number of aryl methyl sites for hydroxylation is 1. The van der Waals surface area contributed by atoms with Gasteiger partial charge in [-0.2, -0.15) is 0 Å². The molecule has 0 aliphatic carbocycles. The van der Waals surface area contributed by atoms with Gasteiger partial charge in [0.1, 0.15) is 0 Å². The summed E-state index contributed by atoms with van der Waals surface area (Å²) >= 11 is 5.86. The highest BCUT2D eigenvalue weighted by Gasteiger charge is 2.30. The van der Waals surface area contributed by atoms with Crippen molar-refractivity contribution in [3.8, 4) is 0 Å². The minimum Gasteiger partial charge on any atom is -0.329 e. The van der Waals surface area contributed by atoms with E-state index in [-0.39, 0.29) is 11.4 Å². The first kappa shape index (κ1) is 17.4. The molecular weight excluding hydrogens is 296 g/mol. The molecule has 0 amide bonds. The Balaban J connectivity index is 3.10. The van der Waals surface area contributed by atoms with Crippen LogP contribution in [-0.2, 0) is 10.0 Å². The second-order valence-corrected chi connectivity index (χ2v) is 7.97. The quantitative estimate of drug-likeness (QED) is 0.847. The summed E-state index contributed by atoms with van der Waals surface area (Å²) in [6.45, 7) is 7.88. The zero-order chi connectivity index (χ0) is 15.6. The first-order valence-corrected chi connectivity index (χ1v) is 8.46. The van der Waals surface area contributed by atoms with Crippen molar-refractivity contribution < 1.29 is 8.42 Å². The largest absolute Gasteiger partial charge is 0.329 e. The van der Waals surface area contributed by atoms with Crippen LogP contribution in [0.4, 0.5) is 0 Å². The lowest BCUT2D eigenvalue weighted by molar-refractivity contribution is 0.344. The highest BCUT2D eigenvalue weighted by Crippen LogP contribution is 2.23. The number of nitrogens with one attached hydrogen (secondary N) is 1. The Kier molecular flexibility index (Phi) is 5.61. The summed E-state index contributed by atoms with van der Waals surface area (Å²) in [5.41, 5.74) is 5.72. The molecule has 1 rings (SSSR count). The van der Waals surface area contributed by atoms with Gasteiger partial charge in [0.05, 0.1) is 4.90 Å². The predicted molar refractivity (Wildman–Crippen MR) is 83.4 cm³/mol. The van der Waals surface area contributed by atoms with E-state index in [0.29, 0.717) is 22.9 Å². The van der Waals surface area contributed by atoms with E-state index in [1.54, 1.807) is 19.1 Å². The van der Waals surface area contributed by atoms with E-state index in [1.165, 1.54) is 6.07 Å². The summed E-state index contributed by atoms with van der Waals surface area (Å²) in [6, 6.07) is 4.73. The number of hydrogen-bond acceptors (Lipinski definition) is 3. The lowest BCUT2D eigenvalue weighted by atomic mass is 9.92. The van der Waals surface area contributed by atoms with Gasteiger partial charge in [0.2, 0.25) is 10.0 Å². The van der Waals surface area contributed by atoms with Crippen LogP contribution in [0.1, 0.15) is 32.8 Å². The maximum absolute atomic E-state index is 12.5. The van der Waals surface area contributed by atoms with E-state index in [2.05, 4.69) is 4.72 Å². The van der Waals surface area contributed by atoms with Crippen LogP contribution < -0.4 is 10.5 Å². The molecule has 0 radical (unpaired) electrons. The van der Waals surface area contributed by atoms with E-state index in [1.807, 2.05) is 20.8 Å². The summed E-state index contributed by atoms with van der Waals surface area (Å²) in [7, 11) is -3.61. The fraction of sp³-hybridized carbons (Fsp3) is 0.571. The number of rotatable bonds is 6. The molecule has 20 heavy (non-hydrogen) atoms. The zero-order valence-electron chi connectivity index (χ0n) is 12.4. The first-order chi connectivity index (χ1) is 9.09. The smallest absolute Gasteiger partial charge is 0.241 e. The van der Waals surface area contributed by atoms with Crippen molar-refractivity contribution in [2.75, 3.05) is 6.54 Å². The highest BCUT2D eigenvalue weighted by atomic mass is 35.5. The van der Waals surface area contributed by atoms with E-state index < -0.39 is 15.6 Å². The summed E-state index contributed by atoms with van der Waals surface area (Å²) < 4.78 is 27.8. The Morgan fingerprint density at radius 2 is 2.00 bits per heavy atom. The fourth-order valence-electron chi connectivity index (χ4n) is 2.36. The number of hydrogen-bond donors (Lipinski definition) is 2. The van der Waals surface area contributed by atoms with Crippen molar-refractivity contribution in [3.63, 3.8) is 0 Å². The van der Waals surface area contributed by atoms with Gasteiger partial charge < -0.3 is 5.73 Å². The molecule has 0 spiro atoms. The summed E-state index contributed by atoms with van der Waals surface area (Å²) in [4.78, 5) is 0.241. The molecule has 0 saturated heterocycles. The Hall–Kier alpha value is -0.620. The summed E-state index contributed by atoms with van der Waals surface area (Å²) in [6.07, 6.45) is 0.676. The third-order valence-corrected chi connectivity index (χ3v) is 5.15. The van der Waals surface area contributed by atoms with Crippen molar-refractivity contribution in [1.29, 1.82) is 0 Å². The van der Waals surface area contributed by atoms with E-state index >= 15 is 0 Å². The lowest BCUT2D eigenvalue weighted by Crippen LogP contribution is -2.52. The molecule has 114 valence electrons. The maximum Gasteiger partial charge on any atom is 0.241 e. The van der Waals surface area contributed by atoms with Crippen LogP contribution in [0.15, 0.2) is 23.1 Å². The highest BCUT2D eigenvalue weighted by molar-refractivity contribution is 7.89. The SMILES string of the molecule is Cc1cc(Cl)ccc1S(=O)(=O)NC(C)(CN)CC(C)C.